The summed E-state index contributed by atoms with van der Waals surface area (Å²) < 4.78 is 10.9. The zero-order chi connectivity index (χ0) is 17.5. The molecule has 128 valence electrons. The molecule has 0 atom stereocenters. The molecule has 0 aliphatic rings. The number of carbonyl (C=O) groups is 1. The number of hydrogen-bond donors (Lipinski definition) is 0. The van der Waals surface area contributed by atoms with Gasteiger partial charge in [0.25, 0.3) is 5.91 Å². The second-order valence-corrected chi connectivity index (χ2v) is 5.83. The molecule has 0 fully saturated rings. The van der Waals surface area contributed by atoms with Crippen LogP contribution in [0.1, 0.15) is 11.5 Å². The van der Waals surface area contributed by atoms with Gasteiger partial charge in [0.05, 0.1) is 25.0 Å². The first kappa shape index (κ1) is 17.0. The van der Waals surface area contributed by atoms with E-state index in [1.165, 1.54) is 0 Å². The van der Waals surface area contributed by atoms with Crippen molar-refractivity contribution in [2.45, 2.75) is 13.1 Å². The van der Waals surface area contributed by atoms with Crippen molar-refractivity contribution in [3.63, 3.8) is 0 Å². The molecular formula is C19H17ClN2O3. The molecule has 3 rings (SSSR count). The lowest BCUT2D eigenvalue weighted by atomic mass is 10.3. The van der Waals surface area contributed by atoms with Gasteiger partial charge in [0, 0.05) is 11.2 Å². The van der Waals surface area contributed by atoms with Crippen LogP contribution in [0, 0.1) is 0 Å². The number of aromatic nitrogens is 1. The van der Waals surface area contributed by atoms with Crippen LogP contribution < -0.4 is 4.74 Å². The highest BCUT2D eigenvalue weighted by atomic mass is 35.5. The Morgan fingerprint density at radius 3 is 2.60 bits per heavy atom. The molecule has 1 aromatic carbocycles. The third-order valence-corrected chi connectivity index (χ3v) is 3.79. The number of ether oxygens (including phenoxy) is 1. The summed E-state index contributed by atoms with van der Waals surface area (Å²) in [6, 6.07) is 16.1. The van der Waals surface area contributed by atoms with E-state index in [9.17, 15) is 4.79 Å². The monoisotopic (exact) mass is 356 g/mol. The normalized spacial score (nSPS) is 10.4. The Balaban J connectivity index is 1.66. The summed E-state index contributed by atoms with van der Waals surface area (Å²) in [5, 5.41) is 0.619. The highest BCUT2D eigenvalue weighted by Gasteiger charge is 2.17. The fraction of sp³-hybridized carbons (Fsp3) is 0.158. The predicted octanol–water partition coefficient (Wildman–Crippen LogP) is 3.94. The van der Waals surface area contributed by atoms with Gasteiger partial charge < -0.3 is 14.1 Å². The molecule has 0 bridgehead atoms. The number of rotatable bonds is 7. The largest absolute Gasteiger partial charge is 0.484 e. The minimum Gasteiger partial charge on any atom is -0.484 e. The maximum Gasteiger partial charge on any atom is 0.261 e. The molecule has 25 heavy (non-hydrogen) atoms. The van der Waals surface area contributed by atoms with Gasteiger partial charge in [-0.3, -0.25) is 9.78 Å². The van der Waals surface area contributed by atoms with Crippen molar-refractivity contribution in [2.75, 3.05) is 6.61 Å². The van der Waals surface area contributed by atoms with Gasteiger partial charge in [-0.2, -0.15) is 0 Å². The van der Waals surface area contributed by atoms with Crippen LogP contribution in [0.5, 0.6) is 5.75 Å². The van der Waals surface area contributed by atoms with Gasteiger partial charge in [0.15, 0.2) is 6.61 Å². The van der Waals surface area contributed by atoms with Crippen LogP contribution in [-0.2, 0) is 17.9 Å². The molecule has 0 N–H and O–H groups in total. The highest BCUT2D eigenvalue weighted by molar-refractivity contribution is 6.30. The van der Waals surface area contributed by atoms with Crippen molar-refractivity contribution in [1.82, 2.24) is 9.88 Å². The number of nitrogens with zero attached hydrogens (tertiary/aromatic N) is 2. The quantitative estimate of drug-likeness (QED) is 0.643. The van der Waals surface area contributed by atoms with Gasteiger partial charge in [-0.05, 0) is 48.5 Å². The standard InChI is InChI=1S/C19H17ClN2O3/c20-15-6-8-17(9-7-15)25-14-19(23)22(13-18-5-3-11-24-18)12-16-4-1-2-10-21-16/h1-11H,12-14H2. The average molecular weight is 357 g/mol. The first-order valence-electron chi connectivity index (χ1n) is 7.79. The van der Waals surface area contributed by atoms with Gasteiger partial charge >= 0.3 is 0 Å². The van der Waals surface area contributed by atoms with Gasteiger partial charge in [-0.1, -0.05) is 17.7 Å². The lowest BCUT2D eigenvalue weighted by Gasteiger charge is -2.21. The Bertz CT molecular complexity index is 789. The van der Waals surface area contributed by atoms with Crippen LogP contribution in [0.4, 0.5) is 0 Å². The van der Waals surface area contributed by atoms with Crippen LogP contribution >= 0.6 is 11.6 Å². The van der Waals surface area contributed by atoms with E-state index in [0.29, 0.717) is 29.6 Å². The van der Waals surface area contributed by atoms with Crippen molar-refractivity contribution in [2.24, 2.45) is 0 Å². The molecule has 0 spiro atoms. The van der Waals surface area contributed by atoms with Crippen molar-refractivity contribution in [1.29, 1.82) is 0 Å². The van der Waals surface area contributed by atoms with E-state index in [-0.39, 0.29) is 12.5 Å². The summed E-state index contributed by atoms with van der Waals surface area (Å²) >= 11 is 5.85. The fourth-order valence-corrected chi connectivity index (χ4v) is 2.40. The molecular weight excluding hydrogens is 340 g/mol. The molecule has 0 unspecified atom stereocenters. The molecule has 0 radical (unpaired) electrons. The van der Waals surface area contributed by atoms with Crippen LogP contribution in [-0.4, -0.2) is 22.4 Å². The van der Waals surface area contributed by atoms with E-state index in [1.807, 2.05) is 24.3 Å². The third kappa shape index (κ3) is 5.09. The second kappa shape index (κ2) is 8.35. The Morgan fingerprint density at radius 1 is 1.08 bits per heavy atom. The first-order valence-corrected chi connectivity index (χ1v) is 8.17. The molecule has 0 aliphatic heterocycles. The number of benzene rings is 1. The summed E-state index contributed by atoms with van der Waals surface area (Å²) in [5.41, 5.74) is 0.800. The maximum absolute atomic E-state index is 12.6. The number of furan rings is 1. The number of halogens is 1. The van der Waals surface area contributed by atoms with E-state index in [0.717, 1.165) is 5.69 Å². The molecule has 0 saturated heterocycles. The van der Waals surface area contributed by atoms with E-state index < -0.39 is 0 Å². The molecule has 5 nitrogen and oxygen atoms in total. The summed E-state index contributed by atoms with van der Waals surface area (Å²) in [6.45, 7) is 0.659. The summed E-state index contributed by atoms with van der Waals surface area (Å²) in [7, 11) is 0. The van der Waals surface area contributed by atoms with Crippen molar-refractivity contribution in [3.8, 4) is 5.75 Å². The Labute approximate surface area is 150 Å². The Kier molecular flexibility index (Phi) is 5.69. The van der Waals surface area contributed by atoms with Gasteiger partial charge in [0.2, 0.25) is 0 Å². The summed E-state index contributed by atoms with van der Waals surface area (Å²) in [5.74, 6) is 1.14. The zero-order valence-electron chi connectivity index (χ0n) is 13.5. The van der Waals surface area contributed by atoms with Crippen LogP contribution in [0.3, 0.4) is 0 Å². The SMILES string of the molecule is O=C(COc1ccc(Cl)cc1)N(Cc1ccccn1)Cc1ccco1. The highest BCUT2D eigenvalue weighted by Crippen LogP contribution is 2.16. The summed E-state index contributed by atoms with van der Waals surface area (Å²) in [6.07, 6.45) is 3.29. The third-order valence-electron chi connectivity index (χ3n) is 3.53. The molecule has 1 amide bonds. The fourth-order valence-electron chi connectivity index (χ4n) is 2.28. The zero-order valence-corrected chi connectivity index (χ0v) is 14.2. The summed E-state index contributed by atoms with van der Waals surface area (Å²) in [4.78, 5) is 18.5. The molecule has 2 heterocycles. The van der Waals surface area contributed by atoms with E-state index in [2.05, 4.69) is 4.98 Å². The minimum absolute atomic E-state index is 0.0742. The van der Waals surface area contributed by atoms with Crippen molar-refractivity contribution >= 4 is 17.5 Å². The molecule has 0 aliphatic carbocycles. The van der Waals surface area contributed by atoms with E-state index in [4.69, 9.17) is 20.8 Å². The van der Waals surface area contributed by atoms with Gasteiger partial charge in [0.1, 0.15) is 11.5 Å². The Hall–Kier alpha value is -2.79. The lowest BCUT2D eigenvalue weighted by Crippen LogP contribution is -2.34. The Morgan fingerprint density at radius 2 is 1.92 bits per heavy atom. The van der Waals surface area contributed by atoms with Gasteiger partial charge in [-0.15, -0.1) is 0 Å². The number of pyridine rings is 1. The van der Waals surface area contributed by atoms with Crippen molar-refractivity contribution < 1.29 is 13.9 Å². The maximum atomic E-state index is 12.6. The van der Waals surface area contributed by atoms with Crippen LogP contribution in [0.25, 0.3) is 0 Å². The molecule has 0 saturated carbocycles. The van der Waals surface area contributed by atoms with Gasteiger partial charge in [-0.25, -0.2) is 0 Å². The number of hydrogen-bond acceptors (Lipinski definition) is 4. The topological polar surface area (TPSA) is 55.6 Å². The lowest BCUT2D eigenvalue weighted by molar-refractivity contribution is -0.135. The smallest absolute Gasteiger partial charge is 0.261 e. The number of amides is 1. The van der Waals surface area contributed by atoms with Crippen molar-refractivity contribution in [3.05, 3.63) is 83.5 Å². The molecule has 2 aromatic heterocycles. The second-order valence-electron chi connectivity index (χ2n) is 5.39. The average Bonchev–Trinajstić information content (AvgIpc) is 3.14. The van der Waals surface area contributed by atoms with Crippen LogP contribution in [0.15, 0.2) is 71.5 Å². The van der Waals surface area contributed by atoms with E-state index in [1.54, 1.807) is 47.7 Å². The molecule has 6 heteroatoms. The van der Waals surface area contributed by atoms with Crippen LogP contribution in [0.2, 0.25) is 5.02 Å². The minimum atomic E-state index is -0.156. The van der Waals surface area contributed by atoms with E-state index >= 15 is 0 Å². The first-order chi connectivity index (χ1) is 12.2. The number of carbonyl (C=O) groups excluding carboxylic acids is 1. The molecule has 3 aromatic rings. The predicted molar refractivity (Wildman–Crippen MR) is 94.1 cm³/mol.